The van der Waals surface area contributed by atoms with Crippen LogP contribution < -0.4 is 10.3 Å². The molecule has 6 nitrogen and oxygen atoms in total. The number of rotatable bonds is 5. The first kappa shape index (κ1) is 16.8. The number of H-pyrrole nitrogens is 1. The Morgan fingerprint density at radius 1 is 1.27 bits per heavy atom. The van der Waals surface area contributed by atoms with Gasteiger partial charge in [-0.15, -0.1) is 11.3 Å². The molecule has 0 saturated heterocycles. The highest BCUT2D eigenvalue weighted by molar-refractivity contribution is 7.18. The average molecular weight is 370 g/mol. The molecule has 0 aliphatic heterocycles. The molecular formula is C19H18N2O4S. The molecule has 0 amide bonds. The second-order valence-corrected chi connectivity index (χ2v) is 7.32. The van der Waals surface area contributed by atoms with Crippen molar-refractivity contribution in [1.29, 1.82) is 0 Å². The molecule has 0 atom stereocenters. The Labute approximate surface area is 153 Å². The maximum Gasteiger partial charge on any atom is 0.310 e. The second kappa shape index (κ2) is 6.92. The summed E-state index contributed by atoms with van der Waals surface area (Å²) < 4.78 is 10.4. The number of esters is 1. The van der Waals surface area contributed by atoms with Crippen molar-refractivity contribution in [2.24, 2.45) is 0 Å². The van der Waals surface area contributed by atoms with Gasteiger partial charge in [-0.1, -0.05) is 12.1 Å². The number of nitrogens with one attached hydrogen (secondary N) is 1. The van der Waals surface area contributed by atoms with Crippen LogP contribution in [0.2, 0.25) is 0 Å². The van der Waals surface area contributed by atoms with Gasteiger partial charge in [-0.25, -0.2) is 4.98 Å². The predicted molar refractivity (Wildman–Crippen MR) is 98.8 cm³/mol. The molecule has 2 aromatic heterocycles. The van der Waals surface area contributed by atoms with Crippen LogP contribution in [0.3, 0.4) is 0 Å². The van der Waals surface area contributed by atoms with E-state index in [0.717, 1.165) is 41.0 Å². The Morgan fingerprint density at radius 3 is 2.85 bits per heavy atom. The van der Waals surface area contributed by atoms with Crippen LogP contribution >= 0.6 is 11.3 Å². The Bertz CT molecular complexity index is 1020. The van der Waals surface area contributed by atoms with Gasteiger partial charge >= 0.3 is 5.97 Å². The zero-order valence-corrected chi connectivity index (χ0v) is 15.1. The average Bonchev–Trinajstić information content (AvgIpc) is 3.21. The van der Waals surface area contributed by atoms with Crippen LogP contribution in [0.5, 0.6) is 5.75 Å². The van der Waals surface area contributed by atoms with Gasteiger partial charge in [0.2, 0.25) is 0 Å². The van der Waals surface area contributed by atoms with Crippen molar-refractivity contribution in [3.8, 4) is 5.75 Å². The van der Waals surface area contributed by atoms with Crippen LogP contribution in [0, 0.1) is 0 Å². The Hall–Kier alpha value is -2.67. The molecule has 1 aliphatic rings. The van der Waals surface area contributed by atoms with E-state index in [9.17, 15) is 9.59 Å². The number of thiophene rings is 1. The molecule has 26 heavy (non-hydrogen) atoms. The van der Waals surface area contributed by atoms with E-state index in [1.807, 2.05) is 12.1 Å². The lowest BCUT2D eigenvalue weighted by molar-refractivity contribution is -0.144. The largest absolute Gasteiger partial charge is 0.497 e. The number of aromatic amines is 1. The van der Waals surface area contributed by atoms with Crippen LogP contribution in [0.15, 0.2) is 29.1 Å². The lowest BCUT2D eigenvalue weighted by Gasteiger charge is -2.06. The minimum Gasteiger partial charge on any atom is -0.497 e. The van der Waals surface area contributed by atoms with Gasteiger partial charge in [-0.3, -0.25) is 9.59 Å². The molecule has 134 valence electrons. The van der Waals surface area contributed by atoms with Gasteiger partial charge in [0.15, 0.2) is 0 Å². The molecule has 0 fully saturated rings. The third-order valence-electron chi connectivity index (χ3n) is 4.50. The highest BCUT2D eigenvalue weighted by Crippen LogP contribution is 2.34. The molecule has 0 bridgehead atoms. The Morgan fingerprint density at radius 2 is 2.08 bits per heavy atom. The fourth-order valence-electron chi connectivity index (χ4n) is 3.23. The molecule has 4 rings (SSSR count). The van der Waals surface area contributed by atoms with Crippen molar-refractivity contribution >= 4 is 27.5 Å². The van der Waals surface area contributed by atoms with Crippen LogP contribution in [-0.2, 0) is 35.4 Å². The number of hydrogen-bond acceptors (Lipinski definition) is 6. The Kier molecular flexibility index (Phi) is 4.46. The highest BCUT2D eigenvalue weighted by atomic mass is 32.1. The molecule has 1 aliphatic carbocycles. The van der Waals surface area contributed by atoms with Crippen molar-refractivity contribution in [3.63, 3.8) is 0 Å². The Balaban J connectivity index is 1.44. The van der Waals surface area contributed by atoms with Crippen molar-refractivity contribution in [3.05, 3.63) is 56.4 Å². The molecule has 1 N–H and O–H groups in total. The number of aryl methyl sites for hydroxylation is 2. The minimum absolute atomic E-state index is 0.0390. The summed E-state index contributed by atoms with van der Waals surface area (Å²) in [7, 11) is 1.59. The number of hydrogen-bond donors (Lipinski definition) is 1. The number of carbonyl (C=O) groups is 1. The van der Waals surface area contributed by atoms with Crippen molar-refractivity contribution in [2.75, 3.05) is 7.11 Å². The smallest absolute Gasteiger partial charge is 0.310 e. The number of nitrogens with zero attached hydrogens (tertiary/aromatic N) is 1. The normalized spacial score (nSPS) is 13.0. The van der Waals surface area contributed by atoms with E-state index in [-0.39, 0.29) is 24.6 Å². The molecule has 0 saturated carbocycles. The van der Waals surface area contributed by atoms with Crippen LogP contribution in [-0.4, -0.2) is 23.0 Å². The predicted octanol–water partition coefficient (Wildman–Crippen LogP) is 2.77. The van der Waals surface area contributed by atoms with E-state index >= 15 is 0 Å². The van der Waals surface area contributed by atoms with E-state index < -0.39 is 0 Å². The number of methoxy groups -OCH3 is 1. The molecule has 0 spiro atoms. The van der Waals surface area contributed by atoms with Gasteiger partial charge in [-0.2, -0.15) is 0 Å². The maximum atomic E-state index is 12.4. The van der Waals surface area contributed by atoms with Crippen LogP contribution in [0.4, 0.5) is 0 Å². The van der Waals surface area contributed by atoms with Gasteiger partial charge in [0.25, 0.3) is 5.56 Å². The fourth-order valence-corrected chi connectivity index (χ4v) is 4.51. The topological polar surface area (TPSA) is 81.3 Å². The lowest BCUT2D eigenvalue weighted by atomic mass is 10.1. The van der Waals surface area contributed by atoms with Crippen LogP contribution in [0.1, 0.15) is 28.2 Å². The molecule has 3 aromatic rings. The number of benzene rings is 1. The van der Waals surface area contributed by atoms with Gasteiger partial charge in [0, 0.05) is 4.88 Å². The molecule has 0 radical (unpaired) electrons. The third kappa shape index (κ3) is 3.22. The fraction of sp³-hybridized carbons (Fsp3) is 0.316. The SMILES string of the molecule is COc1ccc(CC(=O)OCc2nc3sc4c(c3c(=O)[nH]2)CCC4)cc1. The molecule has 0 unspecified atom stereocenters. The standard InChI is InChI=1S/C19H18N2O4S/c1-24-12-7-5-11(6-8-12)9-16(22)25-10-15-20-18(23)17-13-3-2-4-14(13)26-19(17)21-15/h5-8H,2-4,9-10H2,1H3,(H,20,21,23). The maximum absolute atomic E-state index is 12.4. The van der Waals surface area contributed by atoms with Gasteiger partial charge in [0.05, 0.1) is 18.9 Å². The van der Waals surface area contributed by atoms with E-state index in [4.69, 9.17) is 9.47 Å². The first-order valence-corrected chi connectivity index (χ1v) is 9.27. The highest BCUT2D eigenvalue weighted by Gasteiger charge is 2.21. The van der Waals surface area contributed by atoms with Gasteiger partial charge < -0.3 is 14.5 Å². The number of aromatic nitrogens is 2. The van der Waals surface area contributed by atoms with Crippen molar-refractivity contribution < 1.29 is 14.3 Å². The number of fused-ring (bicyclic) bond motifs is 3. The van der Waals surface area contributed by atoms with Crippen molar-refractivity contribution in [2.45, 2.75) is 32.3 Å². The third-order valence-corrected chi connectivity index (χ3v) is 5.69. The summed E-state index contributed by atoms with van der Waals surface area (Å²) in [5.41, 5.74) is 1.83. The monoisotopic (exact) mass is 370 g/mol. The summed E-state index contributed by atoms with van der Waals surface area (Å²) in [5.74, 6) is 0.747. The summed E-state index contributed by atoms with van der Waals surface area (Å²) in [6.45, 7) is -0.0390. The van der Waals surface area contributed by atoms with Gasteiger partial charge in [-0.05, 0) is 42.5 Å². The summed E-state index contributed by atoms with van der Waals surface area (Å²) >= 11 is 1.57. The minimum atomic E-state index is -0.369. The van der Waals surface area contributed by atoms with Crippen molar-refractivity contribution in [1.82, 2.24) is 9.97 Å². The molecule has 2 heterocycles. The van der Waals surface area contributed by atoms with Crippen LogP contribution in [0.25, 0.3) is 10.2 Å². The van der Waals surface area contributed by atoms with E-state index in [0.29, 0.717) is 11.2 Å². The summed E-state index contributed by atoms with van der Waals surface area (Å²) in [4.78, 5) is 33.6. The second-order valence-electron chi connectivity index (χ2n) is 6.24. The zero-order chi connectivity index (χ0) is 18.1. The summed E-state index contributed by atoms with van der Waals surface area (Å²) in [5, 5.41) is 0.704. The van der Waals surface area contributed by atoms with Gasteiger partial charge in [0.1, 0.15) is 23.0 Å². The van der Waals surface area contributed by atoms with E-state index in [2.05, 4.69) is 9.97 Å². The molecular weight excluding hydrogens is 352 g/mol. The zero-order valence-electron chi connectivity index (χ0n) is 14.3. The number of ether oxygens (including phenoxy) is 2. The quantitative estimate of drug-likeness (QED) is 0.699. The number of carbonyl (C=O) groups excluding carboxylic acids is 1. The van der Waals surface area contributed by atoms with E-state index in [1.54, 1.807) is 30.6 Å². The summed E-state index contributed by atoms with van der Waals surface area (Å²) in [6.07, 6.45) is 3.21. The molecule has 1 aromatic carbocycles. The lowest BCUT2D eigenvalue weighted by Crippen LogP contribution is -2.15. The first-order chi connectivity index (χ1) is 12.6. The first-order valence-electron chi connectivity index (χ1n) is 8.46. The summed E-state index contributed by atoms with van der Waals surface area (Å²) in [6, 6.07) is 7.23. The molecule has 7 heteroatoms. The van der Waals surface area contributed by atoms with E-state index in [1.165, 1.54) is 4.88 Å².